The molecule has 2 nitrogen and oxygen atoms in total. The summed E-state index contributed by atoms with van der Waals surface area (Å²) in [5.74, 6) is 1.41. The predicted molar refractivity (Wildman–Crippen MR) is 63.5 cm³/mol. The van der Waals surface area contributed by atoms with E-state index in [9.17, 15) is 0 Å². The van der Waals surface area contributed by atoms with Crippen LogP contribution in [0.2, 0.25) is 0 Å². The van der Waals surface area contributed by atoms with Gasteiger partial charge in [-0.1, -0.05) is 19.9 Å². The Balaban J connectivity index is 3.02. The van der Waals surface area contributed by atoms with Crippen LogP contribution in [0.3, 0.4) is 0 Å². The number of nitrogens with two attached hydrogens (primary N) is 1. The minimum absolute atomic E-state index is 0.825. The van der Waals surface area contributed by atoms with E-state index in [1.165, 1.54) is 17.2 Å². The highest BCUT2D eigenvalue weighted by Crippen LogP contribution is 2.24. The van der Waals surface area contributed by atoms with Crippen LogP contribution in [0.1, 0.15) is 19.4 Å². The monoisotopic (exact) mass is 191 g/mol. The molecule has 0 saturated carbocycles. The zero-order valence-electron chi connectivity index (χ0n) is 9.46. The van der Waals surface area contributed by atoms with E-state index in [0.717, 1.165) is 12.1 Å². The van der Waals surface area contributed by atoms with Gasteiger partial charge in [-0.2, -0.15) is 0 Å². The maximum Gasteiger partial charge on any atom is 0.0414 e. The van der Waals surface area contributed by atoms with Gasteiger partial charge in [0.1, 0.15) is 0 Å². The van der Waals surface area contributed by atoms with E-state index in [-0.39, 0.29) is 0 Å². The largest absolute Gasteiger partial charge is 0.399 e. The molecule has 0 unspecified atom stereocenters. The van der Waals surface area contributed by atoms with Gasteiger partial charge < -0.3 is 10.6 Å². The Labute approximate surface area is 86.7 Å². The standard InChI is InChI=1S/C12H19N2/c1-9(2)7-10-5-6-11(13)8-12(10)14(3)4/h5-6,8H,7,13H2,1-4H3. The summed E-state index contributed by atoms with van der Waals surface area (Å²) in [6, 6.07) is 6.10. The third-order valence-corrected chi connectivity index (χ3v) is 2.14. The van der Waals surface area contributed by atoms with Gasteiger partial charge >= 0.3 is 0 Å². The van der Waals surface area contributed by atoms with Gasteiger partial charge in [0.25, 0.3) is 0 Å². The van der Waals surface area contributed by atoms with Gasteiger partial charge in [0.2, 0.25) is 0 Å². The smallest absolute Gasteiger partial charge is 0.0414 e. The first-order valence-corrected chi connectivity index (χ1v) is 4.85. The number of anilines is 2. The summed E-state index contributed by atoms with van der Waals surface area (Å²) in [7, 11) is 4.09. The predicted octanol–water partition coefficient (Wildman–Crippen LogP) is 2.49. The summed E-state index contributed by atoms with van der Waals surface area (Å²) < 4.78 is 0. The molecule has 1 rings (SSSR count). The third kappa shape index (κ3) is 2.66. The van der Waals surface area contributed by atoms with Crippen molar-refractivity contribution in [3.05, 3.63) is 29.7 Å². The molecule has 0 fully saturated rings. The first-order chi connectivity index (χ1) is 6.50. The fraction of sp³-hybridized carbons (Fsp3) is 0.417. The highest BCUT2D eigenvalue weighted by Gasteiger charge is 2.06. The molecule has 0 aliphatic heterocycles. The SMILES string of the molecule is C[C](C)Cc1ccc(N)cc1N(C)C. The lowest BCUT2D eigenvalue weighted by molar-refractivity contribution is 0.945. The molecule has 1 aromatic carbocycles. The van der Waals surface area contributed by atoms with E-state index >= 15 is 0 Å². The lowest BCUT2D eigenvalue weighted by Crippen LogP contribution is -2.12. The third-order valence-electron chi connectivity index (χ3n) is 2.14. The van der Waals surface area contributed by atoms with Crippen molar-refractivity contribution >= 4 is 11.4 Å². The fourth-order valence-corrected chi connectivity index (χ4v) is 1.53. The van der Waals surface area contributed by atoms with Crippen molar-refractivity contribution < 1.29 is 0 Å². The van der Waals surface area contributed by atoms with Gasteiger partial charge in [0.15, 0.2) is 0 Å². The quantitative estimate of drug-likeness (QED) is 0.744. The van der Waals surface area contributed by atoms with E-state index in [1.54, 1.807) is 0 Å². The summed E-state index contributed by atoms with van der Waals surface area (Å²) in [6.45, 7) is 4.30. The van der Waals surface area contributed by atoms with Crippen molar-refractivity contribution in [2.75, 3.05) is 24.7 Å². The second-order valence-electron chi connectivity index (χ2n) is 4.17. The normalized spacial score (nSPS) is 10.6. The molecule has 1 radical (unpaired) electrons. The van der Waals surface area contributed by atoms with Crippen molar-refractivity contribution in [2.24, 2.45) is 0 Å². The molecule has 14 heavy (non-hydrogen) atoms. The highest BCUT2D eigenvalue weighted by atomic mass is 15.1. The highest BCUT2D eigenvalue weighted by molar-refractivity contribution is 5.61. The average molecular weight is 191 g/mol. The van der Waals surface area contributed by atoms with Crippen molar-refractivity contribution in [3.8, 4) is 0 Å². The van der Waals surface area contributed by atoms with E-state index in [1.807, 2.05) is 26.2 Å². The topological polar surface area (TPSA) is 29.3 Å². The van der Waals surface area contributed by atoms with Crippen LogP contribution in [-0.2, 0) is 6.42 Å². The Hall–Kier alpha value is -1.18. The minimum atomic E-state index is 0.825. The maximum atomic E-state index is 5.76. The average Bonchev–Trinajstić information content (AvgIpc) is 2.07. The summed E-state index contributed by atoms with van der Waals surface area (Å²) in [5.41, 5.74) is 9.14. The Bertz CT molecular complexity index is 303. The molecule has 0 spiro atoms. The van der Waals surface area contributed by atoms with Crippen LogP contribution in [0, 0.1) is 5.92 Å². The van der Waals surface area contributed by atoms with Gasteiger partial charge in [-0.3, -0.25) is 0 Å². The Kier molecular flexibility index (Phi) is 3.39. The van der Waals surface area contributed by atoms with Crippen LogP contribution >= 0.6 is 0 Å². The molecule has 2 heteroatoms. The minimum Gasteiger partial charge on any atom is -0.399 e. The molecule has 0 aliphatic carbocycles. The van der Waals surface area contributed by atoms with Crippen molar-refractivity contribution in [1.29, 1.82) is 0 Å². The van der Waals surface area contributed by atoms with Crippen LogP contribution in [0.25, 0.3) is 0 Å². The molecule has 1 aromatic rings. The van der Waals surface area contributed by atoms with Crippen molar-refractivity contribution in [1.82, 2.24) is 0 Å². The number of hydrogen-bond donors (Lipinski definition) is 1. The first-order valence-electron chi connectivity index (χ1n) is 4.85. The van der Waals surface area contributed by atoms with E-state index in [0.29, 0.717) is 0 Å². The van der Waals surface area contributed by atoms with Gasteiger partial charge in [-0.05, 0) is 30.0 Å². The number of nitrogen functional groups attached to an aromatic ring is 1. The van der Waals surface area contributed by atoms with Crippen LogP contribution in [0.5, 0.6) is 0 Å². The van der Waals surface area contributed by atoms with Crippen LogP contribution in [0.15, 0.2) is 18.2 Å². The summed E-state index contributed by atoms with van der Waals surface area (Å²) in [6.07, 6.45) is 1.02. The fourth-order valence-electron chi connectivity index (χ4n) is 1.53. The Morgan fingerprint density at radius 1 is 1.29 bits per heavy atom. The summed E-state index contributed by atoms with van der Waals surface area (Å²) in [4.78, 5) is 2.11. The molecule has 0 amide bonds. The van der Waals surface area contributed by atoms with Crippen molar-refractivity contribution in [3.63, 3.8) is 0 Å². The Morgan fingerprint density at radius 3 is 2.43 bits per heavy atom. The molecular weight excluding hydrogens is 172 g/mol. The first kappa shape index (κ1) is 10.9. The van der Waals surface area contributed by atoms with E-state index in [2.05, 4.69) is 24.8 Å². The molecule has 0 aromatic heterocycles. The molecule has 0 heterocycles. The molecular formula is C12H19N2. The van der Waals surface area contributed by atoms with Crippen LogP contribution in [-0.4, -0.2) is 14.1 Å². The number of nitrogens with zero attached hydrogens (tertiary/aromatic N) is 1. The molecule has 2 N–H and O–H groups in total. The van der Waals surface area contributed by atoms with Crippen LogP contribution < -0.4 is 10.6 Å². The summed E-state index contributed by atoms with van der Waals surface area (Å²) >= 11 is 0. The maximum absolute atomic E-state index is 5.76. The van der Waals surface area contributed by atoms with Gasteiger partial charge in [-0.25, -0.2) is 0 Å². The Morgan fingerprint density at radius 2 is 1.93 bits per heavy atom. The van der Waals surface area contributed by atoms with Gasteiger partial charge in [-0.15, -0.1) is 0 Å². The number of benzene rings is 1. The van der Waals surface area contributed by atoms with Gasteiger partial charge in [0, 0.05) is 25.5 Å². The molecule has 77 valence electrons. The van der Waals surface area contributed by atoms with E-state index in [4.69, 9.17) is 5.73 Å². The van der Waals surface area contributed by atoms with Crippen molar-refractivity contribution in [2.45, 2.75) is 20.3 Å². The molecule has 0 atom stereocenters. The molecule has 0 bridgehead atoms. The zero-order chi connectivity index (χ0) is 10.7. The summed E-state index contributed by atoms with van der Waals surface area (Å²) in [5, 5.41) is 0. The molecule has 0 saturated heterocycles. The number of rotatable bonds is 3. The van der Waals surface area contributed by atoms with E-state index < -0.39 is 0 Å². The lowest BCUT2D eigenvalue weighted by Gasteiger charge is -2.19. The molecule has 0 aliphatic rings. The van der Waals surface area contributed by atoms with Gasteiger partial charge in [0.05, 0.1) is 0 Å². The lowest BCUT2D eigenvalue weighted by atomic mass is 10.0. The number of hydrogen-bond acceptors (Lipinski definition) is 2. The second-order valence-corrected chi connectivity index (χ2v) is 4.17. The van der Waals surface area contributed by atoms with Crippen LogP contribution in [0.4, 0.5) is 11.4 Å². The second kappa shape index (κ2) is 4.36. The zero-order valence-corrected chi connectivity index (χ0v) is 9.46.